The predicted molar refractivity (Wildman–Crippen MR) is 56.1 cm³/mol. The van der Waals surface area contributed by atoms with Crippen LogP contribution in [0.1, 0.15) is 12.5 Å². The minimum atomic E-state index is -0.324. The number of nitrogens with zero attached hydrogens (tertiary/aromatic N) is 1. The van der Waals surface area contributed by atoms with E-state index in [1.165, 1.54) is 0 Å². The number of hydrogen-bond acceptors (Lipinski definition) is 2. The van der Waals surface area contributed by atoms with Crippen molar-refractivity contribution in [1.82, 2.24) is 0 Å². The Morgan fingerprint density at radius 1 is 1.43 bits per heavy atom. The summed E-state index contributed by atoms with van der Waals surface area (Å²) in [5.41, 5.74) is 7.74. The van der Waals surface area contributed by atoms with Crippen molar-refractivity contribution in [2.45, 2.75) is 25.9 Å². The molecule has 1 aliphatic rings. The highest BCUT2D eigenvalue weighted by molar-refractivity contribution is 6.05. The molecule has 1 heterocycles. The Morgan fingerprint density at radius 2 is 2.14 bits per heavy atom. The third-order valence-corrected chi connectivity index (χ3v) is 2.73. The number of amides is 1. The Kier molecular flexibility index (Phi) is 2.04. The minimum absolute atomic E-state index is 0.0168. The Morgan fingerprint density at radius 3 is 2.71 bits per heavy atom. The number of anilines is 1. The van der Waals surface area contributed by atoms with E-state index >= 15 is 0 Å². The summed E-state index contributed by atoms with van der Waals surface area (Å²) >= 11 is 0. The van der Waals surface area contributed by atoms with Crippen molar-refractivity contribution in [3.05, 3.63) is 29.8 Å². The number of β-lactam (4-membered cyclic amide) rings is 1. The molecule has 0 spiro atoms. The second-order valence-corrected chi connectivity index (χ2v) is 3.81. The van der Waals surface area contributed by atoms with Crippen molar-refractivity contribution < 1.29 is 4.79 Å². The average molecular weight is 190 g/mol. The highest BCUT2D eigenvalue weighted by Gasteiger charge is 2.42. The summed E-state index contributed by atoms with van der Waals surface area (Å²) in [6.45, 7) is 3.98. The second kappa shape index (κ2) is 3.10. The monoisotopic (exact) mass is 190 g/mol. The van der Waals surface area contributed by atoms with E-state index in [0.29, 0.717) is 0 Å². The highest BCUT2D eigenvalue weighted by Crippen LogP contribution is 2.27. The minimum Gasteiger partial charge on any atom is -0.318 e. The number of benzene rings is 1. The van der Waals surface area contributed by atoms with Gasteiger partial charge in [0.05, 0.1) is 6.04 Å². The molecule has 74 valence electrons. The van der Waals surface area contributed by atoms with Crippen molar-refractivity contribution in [3.63, 3.8) is 0 Å². The van der Waals surface area contributed by atoms with Gasteiger partial charge in [0.25, 0.3) is 0 Å². The Bertz CT molecular complexity index is 375. The van der Waals surface area contributed by atoms with E-state index in [4.69, 9.17) is 5.73 Å². The number of carbonyl (C=O) groups excluding carboxylic acids is 1. The van der Waals surface area contributed by atoms with Gasteiger partial charge >= 0.3 is 0 Å². The Hall–Kier alpha value is -1.35. The number of aryl methyl sites for hydroxylation is 1. The zero-order chi connectivity index (χ0) is 10.3. The quantitative estimate of drug-likeness (QED) is 0.673. The molecular formula is C11H14N2O. The lowest BCUT2D eigenvalue weighted by Crippen LogP contribution is -2.67. The van der Waals surface area contributed by atoms with Gasteiger partial charge in [-0.3, -0.25) is 4.79 Å². The van der Waals surface area contributed by atoms with Crippen molar-refractivity contribution >= 4 is 11.6 Å². The first-order valence-electron chi connectivity index (χ1n) is 4.76. The molecule has 0 bridgehead atoms. The molecule has 14 heavy (non-hydrogen) atoms. The summed E-state index contributed by atoms with van der Waals surface area (Å²) in [5, 5.41) is 0. The van der Waals surface area contributed by atoms with Gasteiger partial charge in [-0.1, -0.05) is 12.1 Å². The van der Waals surface area contributed by atoms with Gasteiger partial charge in [-0.05, 0) is 31.5 Å². The molecule has 1 saturated heterocycles. The van der Waals surface area contributed by atoms with Crippen molar-refractivity contribution in [1.29, 1.82) is 0 Å². The maximum atomic E-state index is 11.5. The van der Waals surface area contributed by atoms with Crippen LogP contribution in [0.2, 0.25) is 0 Å². The van der Waals surface area contributed by atoms with E-state index in [1.807, 2.05) is 38.1 Å². The first-order valence-corrected chi connectivity index (χ1v) is 4.76. The Balaban J connectivity index is 2.29. The molecule has 2 N–H and O–H groups in total. The Labute approximate surface area is 83.5 Å². The number of hydrogen-bond donors (Lipinski definition) is 1. The number of rotatable bonds is 1. The third-order valence-electron chi connectivity index (χ3n) is 2.73. The van der Waals surface area contributed by atoms with Gasteiger partial charge in [-0.25, -0.2) is 0 Å². The lowest BCUT2D eigenvalue weighted by molar-refractivity contribution is -0.125. The van der Waals surface area contributed by atoms with Crippen LogP contribution in [-0.4, -0.2) is 18.0 Å². The molecule has 0 aliphatic carbocycles. The molecule has 3 heteroatoms. The lowest BCUT2D eigenvalue weighted by Gasteiger charge is -2.43. The molecule has 0 radical (unpaired) electrons. The van der Waals surface area contributed by atoms with Crippen LogP contribution in [0.5, 0.6) is 0 Å². The molecule has 1 fully saturated rings. The van der Waals surface area contributed by atoms with E-state index in [9.17, 15) is 4.79 Å². The molecule has 1 aliphatic heterocycles. The summed E-state index contributed by atoms with van der Waals surface area (Å²) < 4.78 is 0. The topological polar surface area (TPSA) is 46.3 Å². The molecule has 1 amide bonds. The second-order valence-electron chi connectivity index (χ2n) is 3.81. The van der Waals surface area contributed by atoms with Crippen LogP contribution in [0.4, 0.5) is 5.69 Å². The highest BCUT2D eigenvalue weighted by atomic mass is 16.2. The fraction of sp³-hybridized carbons (Fsp3) is 0.364. The fourth-order valence-corrected chi connectivity index (χ4v) is 1.79. The average Bonchev–Trinajstić information content (AvgIpc) is 2.18. The van der Waals surface area contributed by atoms with Crippen LogP contribution < -0.4 is 10.6 Å². The zero-order valence-electron chi connectivity index (χ0n) is 8.40. The summed E-state index contributed by atoms with van der Waals surface area (Å²) in [4.78, 5) is 13.2. The fourth-order valence-electron chi connectivity index (χ4n) is 1.79. The molecule has 0 aromatic heterocycles. The maximum Gasteiger partial charge on any atom is 0.246 e. The van der Waals surface area contributed by atoms with Crippen molar-refractivity contribution in [2.75, 3.05) is 4.90 Å². The molecule has 2 rings (SSSR count). The molecule has 3 nitrogen and oxygen atoms in total. The SMILES string of the molecule is Cc1cccc(N2C(=O)C(N)C2C)c1. The molecule has 2 atom stereocenters. The molecule has 2 unspecified atom stereocenters. The zero-order valence-corrected chi connectivity index (χ0v) is 8.40. The van der Waals surface area contributed by atoms with Crippen LogP contribution in [0.3, 0.4) is 0 Å². The summed E-state index contributed by atoms with van der Waals surface area (Å²) in [6, 6.07) is 7.69. The number of nitrogens with two attached hydrogens (primary N) is 1. The van der Waals surface area contributed by atoms with E-state index < -0.39 is 0 Å². The predicted octanol–water partition coefficient (Wildman–Crippen LogP) is 1.06. The molecule has 0 saturated carbocycles. The summed E-state index contributed by atoms with van der Waals surface area (Å²) in [6.07, 6.45) is 0. The number of carbonyl (C=O) groups is 1. The van der Waals surface area contributed by atoms with E-state index in [-0.39, 0.29) is 18.0 Å². The molecule has 1 aromatic carbocycles. The van der Waals surface area contributed by atoms with E-state index in [0.717, 1.165) is 11.3 Å². The van der Waals surface area contributed by atoms with E-state index in [1.54, 1.807) is 4.90 Å². The van der Waals surface area contributed by atoms with Crippen LogP contribution in [0.15, 0.2) is 24.3 Å². The maximum absolute atomic E-state index is 11.5. The molecule has 1 aromatic rings. The van der Waals surface area contributed by atoms with Gasteiger partial charge in [0.2, 0.25) is 5.91 Å². The summed E-state index contributed by atoms with van der Waals surface area (Å²) in [7, 11) is 0. The normalized spacial score (nSPS) is 26.2. The first kappa shape index (κ1) is 9.21. The van der Waals surface area contributed by atoms with Gasteiger partial charge in [-0.2, -0.15) is 0 Å². The molecular weight excluding hydrogens is 176 g/mol. The van der Waals surface area contributed by atoms with Crippen LogP contribution >= 0.6 is 0 Å². The van der Waals surface area contributed by atoms with Gasteiger partial charge in [0.15, 0.2) is 0 Å². The van der Waals surface area contributed by atoms with Gasteiger partial charge < -0.3 is 10.6 Å². The van der Waals surface area contributed by atoms with E-state index in [2.05, 4.69) is 0 Å². The van der Waals surface area contributed by atoms with Crippen LogP contribution in [0, 0.1) is 6.92 Å². The first-order chi connectivity index (χ1) is 6.61. The lowest BCUT2D eigenvalue weighted by atomic mass is 9.96. The smallest absolute Gasteiger partial charge is 0.246 e. The van der Waals surface area contributed by atoms with Gasteiger partial charge in [0, 0.05) is 5.69 Å². The largest absolute Gasteiger partial charge is 0.318 e. The van der Waals surface area contributed by atoms with Crippen molar-refractivity contribution in [2.24, 2.45) is 5.73 Å². The van der Waals surface area contributed by atoms with Crippen molar-refractivity contribution in [3.8, 4) is 0 Å². The standard InChI is InChI=1S/C11H14N2O/c1-7-4-3-5-9(6-7)13-8(2)10(12)11(13)14/h3-6,8,10H,12H2,1-2H3. The summed E-state index contributed by atoms with van der Waals surface area (Å²) in [5.74, 6) is 0.0168. The van der Waals surface area contributed by atoms with Gasteiger partial charge in [0.1, 0.15) is 6.04 Å². The third kappa shape index (κ3) is 1.21. The van der Waals surface area contributed by atoms with Gasteiger partial charge in [-0.15, -0.1) is 0 Å². The van der Waals surface area contributed by atoms with Crippen LogP contribution in [-0.2, 0) is 4.79 Å². The van der Waals surface area contributed by atoms with Crippen LogP contribution in [0.25, 0.3) is 0 Å².